The first-order valence-electron chi connectivity index (χ1n) is 5.93. The van der Waals surface area contributed by atoms with E-state index in [1.54, 1.807) is 6.92 Å². The highest BCUT2D eigenvalue weighted by atomic mass is 16.5. The Kier molecular flexibility index (Phi) is 5.30. The van der Waals surface area contributed by atoms with Crippen molar-refractivity contribution in [2.45, 2.75) is 32.6 Å². The standard InChI is InChI=1S/C12H20N2O4/c1-8(6-15)5-14(12(17)13-3)11-9(2)4-10(7-16)18-11/h5-6,9-11,16H,4,7H2,1-3H3,(H,13,17)/b8-5-. The summed E-state index contributed by atoms with van der Waals surface area (Å²) in [6.45, 7) is 3.49. The van der Waals surface area contributed by atoms with Crippen LogP contribution in [-0.2, 0) is 9.53 Å². The fourth-order valence-corrected chi connectivity index (χ4v) is 2.00. The summed E-state index contributed by atoms with van der Waals surface area (Å²) < 4.78 is 5.61. The number of hydrogen-bond acceptors (Lipinski definition) is 4. The summed E-state index contributed by atoms with van der Waals surface area (Å²) in [5, 5.41) is 11.6. The third-order valence-electron chi connectivity index (χ3n) is 2.91. The number of ether oxygens (including phenoxy) is 1. The number of urea groups is 1. The molecule has 0 aromatic carbocycles. The van der Waals surface area contributed by atoms with Crippen LogP contribution in [0.15, 0.2) is 11.8 Å². The zero-order chi connectivity index (χ0) is 13.7. The Morgan fingerprint density at radius 1 is 1.61 bits per heavy atom. The average Bonchev–Trinajstić information content (AvgIpc) is 2.75. The molecule has 0 spiro atoms. The minimum Gasteiger partial charge on any atom is -0.394 e. The van der Waals surface area contributed by atoms with Gasteiger partial charge in [0, 0.05) is 24.7 Å². The molecule has 0 radical (unpaired) electrons. The van der Waals surface area contributed by atoms with E-state index in [0.29, 0.717) is 18.3 Å². The Morgan fingerprint density at radius 3 is 2.72 bits per heavy atom. The molecule has 2 amide bonds. The van der Waals surface area contributed by atoms with Crippen molar-refractivity contribution in [3.05, 3.63) is 11.8 Å². The predicted molar refractivity (Wildman–Crippen MR) is 65.6 cm³/mol. The van der Waals surface area contributed by atoms with Crippen LogP contribution in [-0.4, -0.2) is 48.3 Å². The molecule has 6 heteroatoms. The minimum absolute atomic E-state index is 0.0706. The van der Waals surface area contributed by atoms with Crippen molar-refractivity contribution in [3.8, 4) is 0 Å². The lowest BCUT2D eigenvalue weighted by atomic mass is 10.1. The van der Waals surface area contributed by atoms with Crippen molar-refractivity contribution in [2.75, 3.05) is 13.7 Å². The van der Waals surface area contributed by atoms with E-state index < -0.39 is 6.23 Å². The van der Waals surface area contributed by atoms with Crippen molar-refractivity contribution in [1.82, 2.24) is 10.2 Å². The Balaban J connectivity index is 2.90. The number of hydrogen-bond donors (Lipinski definition) is 2. The quantitative estimate of drug-likeness (QED) is 0.566. The zero-order valence-corrected chi connectivity index (χ0v) is 10.9. The van der Waals surface area contributed by atoms with Gasteiger partial charge in [-0.05, 0) is 13.3 Å². The number of rotatable bonds is 4. The molecule has 18 heavy (non-hydrogen) atoms. The van der Waals surface area contributed by atoms with Gasteiger partial charge in [0.05, 0.1) is 12.7 Å². The van der Waals surface area contributed by atoms with Crippen LogP contribution in [0.2, 0.25) is 0 Å². The molecular weight excluding hydrogens is 236 g/mol. The molecule has 3 unspecified atom stereocenters. The van der Waals surface area contributed by atoms with Crippen LogP contribution in [0.3, 0.4) is 0 Å². The predicted octanol–water partition coefficient (Wildman–Crippen LogP) is 0.474. The lowest BCUT2D eigenvalue weighted by Crippen LogP contribution is -2.44. The summed E-state index contributed by atoms with van der Waals surface area (Å²) in [5.41, 5.74) is 0.432. The molecule has 0 saturated carbocycles. The number of carbonyl (C=O) groups excluding carboxylic acids is 2. The monoisotopic (exact) mass is 256 g/mol. The fourth-order valence-electron chi connectivity index (χ4n) is 2.00. The third kappa shape index (κ3) is 3.30. The van der Waals surface area contributed by atoms with E-state index in [9.17, 15) is 9.59 Å². The fraction of sp³-hybridized carbons (Fsp3) is 0.667. The second kappa shape index (κ2) is 6.51. The van der Waals surface area contributed by atoms with Crippen molar-refractivity contribution < 1.29 is 19.4 Å². The van der Waals surface area contributed by atoms with Crippen molar-refractivity contribution >= 4 is 12.3 Å². The Hall–Kier alpha value is -1.40. The molecule has 1 heterocycles. The number of amides is 2. The molecule has 1 saturated heterocycles. The number of aliphatic hydroxyl groups is 1. The summed E-state index contributed by atoms with van der Waals surface area (Å²) in [6, 6.07) is -0.341. The van der Waals surface area contributed by atoms with Gasteiger partial charge in [0.2, 0.25) is 0 Å². The average molecular weight is 256 g/mol. The lowest BCUT2D eigenvalue weighted by molar-refractivity contribution is -0.105. The maximum Gasteiger partial charge on any atom is 0.323 e. The van der Waals surface area contributed by atoms with Gasteiger partial charge in [-0.25, -0.2) is 4.79 Å². The first-order chi connectivity index (χ1) is 8.53. The highest BCUT2D eigenvalue weighted by Gasteiger charge is 2.37. The van der Waals surface area contributed by atoms with Crippen molar-refractivity contribution in [3.63, 3.8) is 0 Å². The number of carbonyl (C=O) groups is 2. The summed E-state index contributed by atoms with van der Waals surface area (Å²) in [7, 11) is 1.52. The molecule has 1 fully saturated rings. The first kappa shape index (κ1) is 14.7. The summed E-state index contributed by atoms with van der Waals surface area (Å²) in [4.78, 5) is 23.8. The number of nitrogens with one attached hydrogen (secondary N) is 1. The highest BCUT2D eigenvalue weighted by molar-refractivity contribution is 5.78. The van der Waals surface area contributed by atoms with Gasteiger partial charge >= 0.3 is 6.03 Å². The number of aliphatic hydroxyl groups excluding tert-OH is 1. The molecule has 2 N–H and O–H groups in total. The van der Waals surface area contributed by atoms with Crippen molar-refractivity contribution in [1.29, 1.82) is 0 Å². The highest BCUT2D eigenvalue weighted by Crippen LogP contribution is 2.29. The molecule has 0 bridgehead atoms. The van der Waals surface area contributed by atoms with E-state index in [1.165, 1.54) is 18.1 Å². The Labute approximate surface area is 107 Å². The SMILES string of the molecule is CNC(=O)N(/C=C(/C)C=O)C1OC(CO)CC1C. The van der Waals surface area contributed by atoms with Crippen LogP contribution in [0, 0.1) is 5.92 Å². The smallest absolute Gasteiger partial charge is 0.323 e. The van der Waals surface area contributed by atoms with E-state index >= 15 is 0 Å². The topological polar surface area (TPSA) is 78.9 Å². The van der Waals surface area contributed by atoms with Crippen molar-refractivity contribution in [2.24, 2.45) is 5.92 Å². The number of aldehydes is 1. The van der Waals surface area contributed by atoms with E-state index in [1.807, 2.05) is 6.92 Å². The molecule has 1 aliphatic rings. The molecular formula is C12H20N2O4. The second-order valence-electron chi connectivity index (χ2n) is 4.50. The Bertz CT molecular complexity index is 343. The van der Waals surface area contributed by atoms with Crippen LogP contribution in [0.1, 0.15) is 20.3 Å². The van der Waals surface area contributed by atoms with Gasteiger partial charge in [0.15, 0.2) is 0 Å². The van der Waals surface area contributed by atoms with Gasteiger partial charge < -0.3 is 15.2 Å². The number of allylic oxidation sites excluding steroid dienone is 1. The van der Waals surface area contributed by atoms with E-state index in [0.717, 1.165) is 0 Å². The van der Waals surface area contributed by atoms with E-state index in [-0.39, 0.29) is 24.7 Å². The minimum atomic E-state index is -0.461. The van der Waals surface area contributed by atoms with Gasteiger partial charge in [-0.2, -0.15) is 0 Å². The van der Waals surface area contributed by atoms with Gasteiger partial charge in [-0.15, -0.1) is 0 Å². The lowest BCUT2D eigenvalue weighted by Gasteiger charge is -2.28. The molecule has 0 aromatic heterocycles. The molecule has 0 aromatic rings. The number of nitrogens with zero attached hydrogens (tertiary/aromatic N) is 1. The summed E-state index contributed by atoms with van der Waals surface area (Å²) in [5.74, 6) is 0.0927. The van der Waals surface area contributed by atoms with Crippen LogP contribution in [0.4, 0.5) is 4.79 Å². The molecule has 1 aliphatic heterocycles. The van der Waals surface area contributed by atoms with Gasteiger partial charge in [0.25, 0.3) is 0 Å². The van der Waals surface area contributed by atoms with Gasteiger partial charge in [-0.1, -0.05) is 6.92 Å². The normalized spacial score (nSPS) is 28.0. The third-order valence-corrected chi connectivity index (χ3v) is 2.91. The van der Waals surface area contributed by atoms with Crippen LogP contribution in [0.5, 0.6) is 0 Å². The van der Waals surface area contributed by atoms with E-state index in [4.69, 9.17) is 9.84 Å². The summed E-state index contributed by atoms with van der Waals surface area (Å²) >= 11 is 0. The molecule has 0 aliphatic carbocycles. The Morgan fingerprint density at radius 2 is 2.28 bits per heavy atom. The van der Waals surface area contributed by atoms with E-state index in [2.05, 4.69) is 5.32 Å². The van der Waals surface area contributed by atoms with Gasteiger partial charge in [0.1, 0.15) is 12.5 Å². The van der Waals surface area contributed by atoms with Crippen LogP contribution < -0.4 is 5.32 Å². The second-order valence-corrected chi connectivity index (χ2v) is 4.50. The maximum absolute atomic E-state index is 11.8. The molecule has 102 valence electrons. The van der Waals surface area contributed by atoms with Crippen LogP contribution in [0.25, 0.3) is 0 Å². The maximum atomic E-state index is 11.8. The first-order valence-corrected chi connectivity index (χ1v) is 5.93. The molecule has 3 atom stereocenters. The van der Waals surface area contributed by atoms with Crippen LogP contribution >= 0.6 is 0 Å². The van der Waals surface area contributed by atoms with Gasteiger partial charge in [-0.3, -0.25) is 9.69 Å². The largest absolute Gasteiger partial charge is 0.394 e. The molecule has 1 rings (SSSR count). The zero-order valence-electron chi connectivity index (χ0n) is 10.9. The summed E-state index contributed by atoms with van der Waals surface area (Å²) in [6.07, 6.45) is 2.10. The molecule has 6 nitrogen and oxygen atoms in total.